The zero-order valence-electron chi connectivity index (χ0n) is 19.7. The van der Waals surface area contributed by atoms with E-state index in [-0.39, 0.29) is 17.7 Å². The first-order valence-electron chi connectivity index (χ1n) is 11.5. The van der Waals surface area contributed by atoms with Crippen LogP contribution in [0.1, 0.15) is 18.5 Å². The van der Waals surface area contributed by atoms with E-state index in [0.29, 0.717) is 47.7 Å². The van der Waals surface area contributed by atoms with Gasteiger partial charge in [0, 0.05) is 53.6 Å². The molecule has 1 unspecified atom stereocenters. The van der Waals surface area contributed by atoms with Crippen LogP contribution in [0.15, 0.2) is 47.8 Å². The predicted molar refractivity (Wildman–Crippen MR) is 137 cm³/mol. The van der Waals surface area contributed by atoms with Gasteiger partial charge in [0.15, 0.2) is 5.82 Å². The molecule has 0 radical (unpaired) electrons. The number of anilines is 1. The Labute approximate surface area is 214 Å². The number of benzene rings is 1. The maximum Gasteiger partial charge on any atom is 0.317 e. The maximum absolute atomic E-state index is 14.8. The van der Waals surface area contributed by atoms with Crippen molar-refractivity contribution in [3.8, 4) is 21.7 Å². The zero-order chi connectivity index (χ0) is 25.9. The lowest BCUT2D eigenvalue weighted by atomic mass is 9.97. The average molecular weight is 522 g/mol. The first-order chi connectivity index (χ1) is 17.9. The van der Waals surface area contributed by atoms with Crippen molar-refractivity contribution in [3.05, 3.63) is 70.5 Å². The molecular weight excluding hydrogens is 500 g/mol. The van der Waals surface area contributed by atoms with Gasteiger partial charge in [0.2, 0.25) is 11.9 Å². The van der Waals surface area contributed by atoms with Crippen LogP contribution >= 0.6 is 11.3 Å². The summed E-state index contributed by atoms with van der Waals surface area (Å²) >= 11 is 1.31. The van der Waals surface area contributed by atoms with Crippen LogP contribution in [0.4, 0.5) is 19.5 Å². The summed E-state index contributed by atoms with van der Waals surface area (Å²) in [5, 5.41) is 10.3. The van der Waals surface area contributed by atoms with Crippen molar-refractivity contribution < 1.29 is 13.6 Å². The fourth-order valence-corrected chi connectivity index (χ4v) is 5.37. The zero-order valence-corrected chi connectivity index (χ0v) is 20.5. The number of urea groups is 1. The third-order valence-corrected chi connectivity index (χ3v) is 7.19. The van der Waals surface area contributed by atoms with Crippen LogP contribution in [0.5, 0.6) is 0 Å². The summed E-state index contributed by atoms with van der Waals surface area (Å²) in [5.41, 5.74) is 10.8. The number of azide groups is 1. The van der Waals surface area contributed by atoms with E-state index in [9.17, 15) is 13.6 Å². The molecule has 188 valence electrons. The number of hydrogen-bond donors (Lipinski definition) is 2. The molecule has 1 fully saturated rings. The normalized spacial score (nSPS) is 13.9. The molecule has 0 spiro atoms. The highest BCUT2D eigenvalue weighted by atomic mass is 32.1. The van der Waals surface area contributed by atoms with E-state index in [4.69, 9.17) is 5.53 Å². The Morgan fingerprint density at radius 1 is 1.27 bits per heavy atom. The van der Waals surface area contributed by atoms with Crippen molar-refractivity contribution in [1.29, 1.82) is 0 Å². The summed E-state index contributed by atoms with van der Waals surface area (Å²) in [4.78, 5) is 28.9. The Bertz CT molecular complexity index is 1540. The first kappa shape index (κ1) is 24.3. The van der Waals surface area contributed by atoms with E-state index in [1.165, 1.54) is 23.6 Å². The van der Waals surface area contributed by atoms with Crippen LogP contribution in [0.2, 0.25) is 0 Å². The van der Waals surface area contributed by atoms with Gasteiger partial charge in [-0.2, -0.15) is 4.39 Å². The molecule has 2 amide bonds. The van der Waals surface area contributed by atoms with E-state index >= 15 is 0 Å². The molecule has 1 aliphatic heterocycles. The highest BCUT2D eigenvalue weighted by Crippen LogP contribution is 2.41. The van der Waals surface area contributed by atoms with Crippen molar-refractivity contribution in [1.82, 2.24) is 25.2 Å². The summed E-state index contributed by atoms with van der Waals surface area (Å²) in [6.45, 7) is 3.83. The molecule has 13 heteroatoms. The lowest BCUT2D eigenvalue weighted by molar-refractivity contribution is 0.219. The number of rotatable bonds is 8. The second-order valence-corrected chi connectivity index (χ2v) is 9.40. The van der Waals surface area contributed by atoms with Crippen LogP contribution in [-0.4, -0.2) is 52.1 Å². The van der Waals surface area contributed by atoms with E-state index in [0.717, 1.165) is 16.3 Å². The predicted octanol–water partition coefficient (Wildman–Crippen LogP) is 5.51. The number of carbonyl (C=O) groups is 1. The number of nitrogens with zero attached hydrogens (tertiary/aromatic N) is 7. The molecule has 0 aliphatic carbocycles. The Kier molecular flexibility index (Phi) is 6.80. The number of fused-ring (bicyclic) bond motifs is 1. The summed E-state index contributed by atoms with van der Waals surface area (Å²) in [7, 11) is 0. The second-order valence-electron chi connectivity index (χ2n) is 8.35. The molecule has 1 aromatic carbocycles. The number of thiophene rings is 1. The molecule has 5 rings (SSSR count). The standard InChI is InChI=1S/C24H21F2N9OS/c1-13(33-34-27)17-11-30-20(26)10-16(17)15-4-2-3-14-9-19(37-22(14)15)21-18(25)12-31-23(32-21)28-5-7-35-8-6-29-24(35)36/h2-4,9-13H,5-8H2,1H3,(H,29,36)(H,28,31,32). The quantitative estimate of drug-likeness (QED) is 0.137. The SMILES string of the molecule is CC(N=[N+]=[N-])c1cnc(F)cc1-c1cccc2cc(-c3nc(NCCN4CCNC4=O)ncc3F)sc12. The topological polar surface area (TPSA) is 132 Å². The molecule has 37 heavy (non-hydrogen) atoms. The van der Waals surface area contributed by atoms with Crippen molar-refractivity contribution >= 4 is 33.4 Å². The van der Waals surface area contributed by atoms with Gasteiger partial charge in [-0.3, -0.25) is 0 Å². The minimum atomic E-state index is -0.662. The van der Waals surface area contributed by atoms with Crippen LogP contribution in [-0.2, 0) is 0 Å². The number of hydrogen-bond acceptors (Lipinski definition) is 7. The maximum atomic E-state index is 14.8. The Morgan fingerprint density at radius 2 is 2.14 bits per heavy atom. The molecule has 2 N–H and O–H groups in total. The van der Waals surface area contributed by atoms with Gasteiger partial charge in [-0.25, -0.2) is 24.1 Å². The van der Waals surface area contributed by atoms with Crippen molar-refractivity contribution in [3.63, 3.8) is 0 Å². The molecule has 4 heterocycles. The van der Waals surface area contributed by atoms with Gasteiger partial charge in [-0.1, -0.05) is 30.2 Å². The number of aromatic nitrogens is 3. The highest BCUT2D eigenvalue weighted by molar-refractivity contribution is 7.22. The van der Waals surface area contributed by atoms with Gasteiger partial charge in [0.1, 0.15) is 5.69 Å². The Morgan fingerprint density at radius 3 is 2.92 bits per heavy atom. The molecule has 3 aromatic heterocycles. The summed E-state index contributed by atoms with van der Waals surface area (Å²) in [6.07, 6.45) is 2.47. The van der Waals surface area contributed by atoms with Gasteiger partial charge in [-0.05, 0) is 28.1 Å². The van der Waals surface area contributed by atoms with E-state index in [2.05, 4.69) is 35.6 Å². The number of pyridine rings is 1. The number of halogens is 2. The molecule has 0 bridgehead atoms. The molecular formula is C24H21F2N9OS. The summed E-state index contributed by atoms with van der Waals surface area (Å²) in [6, 6.07) is 7.99. The first-order valence-corrected chi connectivity index (χ1v) is 12.3. The second kappa shape index (κ2) is 10.3. The fraction of sp³-hybridized carbons (Fsp3) is 0.250. The fourth-order valence-electron chi connectivity index (χ4n) is 4.19. The van der Waals surface area contributed by atoms with Gasteiger partial charge in [0.25, 0.3) is 0 Å². The van der Waals surface area contributed by atoms with Crippen LogP contribution in [0.25, 0.3) is 42.2 Å². The van der Waals surface area contributed by atoms with Gasteiger partial charge in [-0.15, -0.1) is 11.3 Å². The molecule has 1 saturated heterocycles. The van der Waals surface area contributed by atoms with Crippen LogP contribution < -0.4 is 10.6 Å². The Hall–Kier alpha value is -4.35. The third-order valence-electron chi connectivity index (χ3n) is 6.00. The number of carbonyl (C=O) groups excluding carboxylic acids is 1. The number of amides is 2. The van der Waals surface area contributed by atoms with Gasteiger partial charge >= 0.3 is 6.03 Å². The third kappa shape index (κ3) is 4.99. The number of nitrogens with one attached hydrogen (secondary N) is 2. The van der Waals surface area contributed by atoms with Crippen LogP contribution in [0.3, 0.4) is 0 Å². The summed E-state index contributed by atoms with van der Waals surface area (Å²) < 4.78 is 29.8. The van der Waals surface area contributed by atoms with Gasteiger partial charge in [0.05, 0.1) is 17.1 Å². The molecule has 4 aromatic rings. The average Bonchev–Trinajstić information content (AvgIpc) is 3.51. The lowest BCUT2D eigenvalue weighted by Gasteiger charge is -2.14. The van der Waals surface area contributed by atoms with E-state index < -0.39 is 17.8 Å². The van der Waals surface area contributed by atoms with Crippen molar-refractivity contribution in [2.75, 3.05) is 31.5 Å². The lowest BCUT2D eigenvalue weighted by Crippen LogP contribution is -2.32. The van der Waals surface area contributed by atoms with E-state index in [1.807, 2.05) is 24.3 Å². The molecule has 0 saturated carbocycles. The van der Waals surface area contributed by atoms with Gasteiger partial charge < -0.3 is 15.5 Å². The van der Waals surface area contributed by atoms with Crippen LogP contribution in [0, 0.1) is 11.8 Å². The summed E-state index contributed by atoms with van der Waals surface area (Å²) in [5.74, 6) is -0.995. The minimum Gasteiger partial charge on any atom is -0.352 e. The molecule has 10 nitrogen and oxygen atoms in total. The molecule has 1 aliphatic rings. The van der Waals surface area contributed by atoms with Crippen molar-refractivity contribution in [2.45, 2.75) is 13.0 Å². The molecule has 1 atom stereocenters. The largest absolute Gasteiger partial charge is 0.352 e. The highest BCUT2D eigenvalue weighted by Gasteiger charge is 2.20. The minimum absolute atomic E-state index is 0.116. The smallest absolute Gasteiger partial charge is 0.317 e. The van der Waals surface area contributed by atoms with E-state index in [1.54, 1.807) is 11.8 Å². The monoisotopic (exact) mass is 521 g/mol. The van der Waals surface area contributed by atoms with Crippen molar-refractivity contribution in [2.24, 2.45) is 5.11 Å². The Balaban J connectivity index is 1.48.